The molecule has 2 aromatic heterocycles. The molecule has 0 aliphatic rings. The molecule has 0 aliphatic heterocycles. The first-order valence-electron chi connectivity index (χ1n) is 11.7. The van der Waals surface area contributed by atoms with Crippen molar-refractivity contribution >= 4 is 23.2 Å². The van der Waals surface area contributed by atoms with Gasteiger partial charge in [0.1, 0.15) is 11.5 Å². The maximum atomic E-state index is 14.1. The van der Waals surface area contributed by atoms with Gasteiger partial charge < -0.3 is 15.0 Å². The van der Waals surface area contributed by atoms with Crippen molar-refractivity contribution in [2.45, 2.75) is 19.6 Å². The van der Waals surface area contributed by atoms with Crippen molar-refractivity contribution in [3.63, 3.8) is 0 Å². The molecule has 0 saturated carbocycles. The molecule has 200 valence electrons. The lowest BCUT2D eigenvalue weighted by Crippen LogP contribution is -2.36. The minimum absolute atomic E-state index is 0.00867. The predicted octanol–water partition coefficient (Wildman–Crippen LogP) is 5.99. The number of aryl methyl sites for hydroxylation is 1. The molecule has 0 fully saturated rings. The van der Waals surface area contributed by atoms with Crippen molar-refractivity contribution in [3.8, 4) is 17.1 Å². The number of carbonyl (C=O) groups is 1. The maximum Gasteiger partial charge on any atom is 0.417 e. The zero-order valence-electron chi connectivity index (χ0n) is 20.9. The molecule has 4 aromatic rings. The van der Waals surface area contributed by atoms with Crippen LogP contribution in [0.2, 0.25) is 5.02 Å². The van der Waals surface area contributed by atoms with Gasteiger partial charge in [-0.1, -0.05) is 23.7 Å². The summed E-state index contributed by atoms with van der Waals surface area (Å²) in [5.41, 5.74) is 1.36. The van der Waals surface area contributed by atoms with Crippen LogP contribution in [-0.4, -0.2) is 47.4 Å². The van der Waals surface area contributed by atoms with Gasteiger partial charge in [0.05, 0.1) is 23.4 Å². The zero-order valence-corrected chi connectivity index (χ0v) is 21.6. The minimum atomic E-state index is -4.59. The van der Waals surface area contributed by atoms with Crippen LogP contribution >= 0.6 is 11.6 Å². The number of nitrogens with zero attached hydrogens (tertiary/aromatic N) is 3. The predicted molar refractivity (Wildman–Crippen MR) is 137 cm³/mol. The molecular weight excluding hydrogens is 524 g/mol. The number of carbonyl (C=O) groups excluding carboxylic acids is 1. The number of fused-ring (bicyclic) bond motifs is 1. The van der Waals surface area contributed by atoms with Crippen molar-refractivity contribution in [2.75, 3.05) is 27.2 Å². The number of hydrogen-bond acceptors (Lipinski definition) is 4. The summed E-state index contributed by atoms with van der Waals surface area (Å²) in [6.07, 6.45) is -4.59. The number of amides is 1. The number of rotatable bonds is 8. The highest BCUT2D eigenvalue weighted by molar-refractivity contribution is 6.31. The number of halogens is 5. The van der Waals surface area contributed by atoms with Gasteiger partial charge in [0, 0.05) is 25.2 Å². The van der Waals surface area contributed by atoms with Crippen molar-refractivity contribution < 1.29 is 27.1 Å². The van der Waals surface area contributed by atoms with Crippen LogP contribution in [-0.2, 0) is 12.7 Å². The first kappa shape index (κ1) is 27.4. The van der Waals surface area contributed by atoms with Crippen molar-refractivity contribution in [2.24, 2.45) is 0 Å². The average Bonchev–Trinajstić information content (AvgIpc) is 3.27. The Morgan fingerprint density at radius 1 is 1.16 bits per heavy atom. The van der Waals surface area contributed by atoms with E-state index in [-0.39, 0.29) is 18.8 Å². The molecule has 0 saturated heterocycles. The molecule has 0 unspecified atom stereocenters. The average molecular weight is 549 g/mol. The van der Waals surface area contributed by atoms with E-state index < -0.39 is 28.5 Å². The van der Waals surface area contributed by atoms with E-state index in [0.717, 1.165) is 6.07 Å². The number of ether oxygens (including phenoxy) is 1. The van der Waals surface area contributed by atoms with Gasteiger partial charge in [0.15, 0.2) is 11.6 Å². The molecule has 0 atom stereocenters. The first-order valence-corrected chi connectivity index (χ1v) is 12.0. The minimum Gasteiger partial charge on any atom is -0.482 e. The highest BCUT2D eigenvalue weighted by Crippen LogP contribution is 2.36. The summed E-state index contributed by atoms with van der Waals surface area (Å²) in [5.74, 6) is -0.432. The van der Waals surface area contributed by atoms with Crippen LogP contribution in [0.3, 0.4) is 0 Å². The number of benzene rings is 2. The summed E-state index contributed by atoms with van der Waals surface area (Å²) in [4.78, 5) is 20.0. The summed E-state index contributed by atoms with van der Waals surface area (Å²) in [6, 6.07) is 13.1. The summed E-state index contributed by atoms with van der Waals surface area (Å²) < 4.78 is 60.8. The molecule has 11 heteroatoms. The lowest BCUT2D eigenvalue weighted by atomic mass is 10.1. The number of pyridine rings is 1. The Labute approximate surface area is 221 Å². The van der Waals surface area contributed by atoms with Crippen molar-refractivity contribution in [1.82, 2.24) is 19.6 Å². The highest BCUT2D eigenvalue weighted by atomic mass is 35.5. The van der Waals surface area contributed by atoms with Gasteiger partial charge in [0.25, 0.3) is 5.91 Å². The second-order valence-corrected chi connectivity index (χ2v) is 9.08. The highest BCUT2D eigenvalue weighted by Gasteiger charge is 2.33. The number of imidazole rings is 1. The Hall–Kier alpha value is -3.63. The molecule has 1 N–H and O–H groups in total. The molecule has 0 aliphatic carbocycles. The summed E-state index contributed by atoms with van der Waals surface area (Å²) in [7, 11) is 3.21. The fourth-order valence-electron chi connectivity index (χ4n) is 4.19. The first-order chi connectivity index (χ1) is 18.0. The monoisotopic (exact) mass is 548 g/mol. The third-order valence-corrected chi connectivity index (χ3v) is 6.39. The Balaban J connectivity index is 1.82. The van der Waals surface area contributed by atoms with E-state index in [4.69, 9.17) is 16.3 Å². The number of alkyl halides is 3. The molecule has 2 heterocycles. The van der Waals surface area contributed by atoms with E-state index in [1.807, 2.05) is 0 Å². The number of nitrogens with one attached hydrogen (secondary N) is 1. The third kappa shape index (κ3) is 5.46. The molecule has 0 radical (unpaired) electrons. The van der Waals surface area contributed by atoms with Crippen LogP contribution in [0.1, 0.15) is 27.2 Å². The van der Waals surface area contributed by atoms with Crippen LogP contribution in [0.25, 0.3) is 16.9 Å². The van der Waals surface area contributed by atoms with E-state index in [1.165, 1.54) is 30.2 Å². The standard InChI is InChI=1S/C27H25ClF4N4O2/c1-16-13-18(8-10-21(16)29)25-24(34-22-5-4-6-23(38-3)36(22)25)26(37)35(12-11-33-2)15-17-7-9-19(20(28)14-17)27(30,31)32/h4-10,13-14,33H,11-12,15H2,1-3H3. The summed E-state index contributed by atoms with van der Waals surface area (Å²) >= 11 is 5.92. The third-order valence-electron chi connectivity index (χ3n) is 6.08. The normalized spacial score (nSPS) is 11.7. The fraction of sp³-hybridized carbons (Fsp3) is 0.259. The van der Waals surface area contributed by atoms with Gasteiger partial charge in [-0.15, -0.1) is 0 Å². The molecule has 1 amide bonds. The van der Waals surface area contributed by atoms with Gasteiger partial charge in [-0.2, -0.15) is 13.2 Å². The van der Waals surface area contributed by atoms with E-state index in [9.17, 15) is 22.4 Å². The summed E-state index contributed by atoms with van der Waals surface area (Å²) in [5, 5.41) is 2.53. The van der Waals surface area contributed by atoms with Crippen molar-refractivity contribution in [1.29, 1.82) is 0 Å². The number of methoxy groups -OCH3 is 1. The Bertz CT molecular complexity index is 1490. The Kier molecular flexibility index (Phi) is 7.94. The lowest BCUT2D eigenvalue weighted by molar-refractivity contribution is -0.137. The molecule has 6 nitrogen and oxygen atoms in total. The van der Waals surface area contributed by atoms with Gasteiger partial charge in [-0.25, -0.2) is 9.37 Å². The lowest BCUT2D eigenvalue weighted by Gasteiger charge is -2.23. The molecule has 0 spiro atoms. The van der Waals surface area contributed by atoms with Crippen molar-refractivity contribution in [3.05, 3.63) is 87.8 Å². The topological polar surface area (TPSA) is 58.9 Å². The number of hydrogen-bond donors (Lipinski definition) is 1. The SMILES string of the molecule is CNCCN(Cc1ccc(C(F)(F)F)c(Cl)c1)C(=O)c1nc2cccc(OC)n2c1-c1ccc(F)c(C)c1. The number of aromatic nitrogens is 2. The largest absolute Gasteiger partial charge is 0.482 e. The second kappa shape index (κ2) is 11.0. The van der Waals surface area contributed by atoms with E-state index >= 15 is 0 Å². The van der Waals surface area contributed by atoms with Crippen LogP contribution < -0.4 is 10.1 Å². The Morgan fingerprint density at radius 2 is 1.92 bits per heavy atom. The van der Waals surface area contributed by atoms with Crippen LogP contribution in [0, 0.1) is 12.7 Å². The molecule has 0 bridgehead atoms. The molecule has 2 aromatic carbocycles. The number of likely N-dealkylation sites (N-methyl/N-ethyl adjacent to an activating group) is 1. The van der Waals surface area contributed by atoms with E-state index in [1.54, 1.807) is 48.7 Å². The van der Waals surface area contributed by atoms with E-state index in [0.29, 0.717) is 40.5 Å². The second-order valence-electron chi connectivity index (χ2n) is 8.68. The van der Waals surface area contributed by atoms with Crippen LogP contribution in [0.15, 0.2) is 54.6 Å². The summed E-state index contributed by atoms with van der Waals surface area (Å²) in [6.45, 7) is 2.27. The quantitative estimate of drug-likeness (QED) is 0.275. The van der Waals surface area contributed by atoms with Gasteiger partial charge in [-0.3, -0.25) is 9.20 Å². The molecular formula is C27H25ClF4N4O2. The molecule has 38 heavy (non-hydrogen) atoms. The Morgan fingerprint density at radius 3 is 2.55 bits per heavy atom. The molecule has 4 rings (SSSR count). The van der Waals surface area contributed by atoms with Gasteiger partial charge >= 0.3 is 6.18 Å². The van der Waals surface area contributed by atoms with Crippen LogP contribution in [0.4, 0.5) is 17.6 Å². The zero-order chi connectivity index (χ0) is 27.6. The van der Waals surface area contributed by atoms with Crippen LogP contribution in [0.5, 0.6) is 5.88 Å². The maximum absolute atomic E-state index is 14.1. The van der Waals surface area contributed by atoms with Gasteiger partial charge in [-0.05, 0) is 67.6 Å². The van der Waals surface area contributed by atoms with E-state index in [2.05, 4.69) is 10.3 Å². The van der Waals surface area contributed by atoms with Gasteiger partial charge in [0.2, 0.25) is 0 Å². The smallest absolute Gasteiger partial charge is 0.417 e. The fourth-order valence-corrected chi connectivity index (χ4v) is 4.50.